The fourth-order valence-corrected chi connectivity index (χ4v) is 3.76. The number of halogens is 1. The van der Waals surface area contributed by atoms with Crippen LogP contribution in [0.4, 0.5) is 0 Å². The minimum Gasteiger partial charge on any atom is -0.493 e. The van der Waals surface area contributed by atoms with Gasteiger partial charge in [-0.05, 0) is 45.8 Å². The van der Waals surface area contributed by atoms with Crippen LogP contribution in [0, 0.1) is 11.3 Å². The van der Waals surface area contributed by atoms with Crippen LogP contribution in [0.2, 0.25) is 0 Å². The van der Waals surface area contributed by atoms with E-state index in [1.165, 1.54) is 11.8 Å². The first-order valence-corrected chi connectivity index (χ1v) is 10.4. The van der Waals surface area contributed by atoms with Gasteiger partial charge in [-0.25, -0.2) is 4.98 Å². The van der Waals surface area contributed by atoms with Gasteiger partial charge in [0.25, 0.3) is 5.56 Å². The highest BCUT2D eigenvalue weighted by Gasteiger charge is 2.13. The molecule has 0 atom stereocenters. The van der Waals surface area contributed by atoms with Crippen molar-refractivity contribution >= 4 is 33.0 Å². The monoisotopic (exact) mass is 488 g/mol. The highest BCUT2D eigenvalue weighted by molar-refractivity contribution is 9.10. The molecule has 0 unspecified atom stereocenters. The number of benzene rings is 3. The molecular weight excluding hydrogens is 472 g/mol. The molecular formula is C24H17BrN4O3. The average Bonchev–Trinajstić information content (AvgIpc) is 2.83. The van der Waals surface area contributed by atoms with E-state index in [0.717, 1.165) is 5.56 Å². The van der Waals surface area contributed by atoms with Gasteiger partial charge in [-0.3, -0.25) is 4.79 Å². The Hall–Kier alpha value is -3.96. The van der Waals surface area contributed by atoms with Crippen molar-refractivity contribution in [2.45, 2.75) is 0 Å². The summed E-state index contributed by atoms with van der Waals surface area (Å²) in [5, 5.41) is 13.7. The second kappa shape index (κ2) is 9.45. The third kappa shape index (κ3) is 4.24. The number of nitrogens with zero attached hydrogens (tertiary/aromatic N) is 4. The Balaban J connectivity index is 1.84. The van der Waals surface area contributed by atoms with Crippen molar-refractivity contribution in [1.29, 1.82) is 5.26 Å². The summed E-state index contributed by atoms with van der Waals surface area (Å²) in [7, 11) is 1.51. The number of rotatable bonds is 6. The zero-order valence-electron chi connectivity index (χ0n) is 17.0. The Morgan fingerprint density at radius 1 is 1.16 bits per heavy atom. The van der Waals surface area contributed by atoms with Crippen LogP contribution in [0.25, 0.3) is 22.3 Å². The second-order valence-corrected chi connectivity index (χ2v) is 7.52. The van der Waals surface area contributed by atoms with E-state index in [2.05, 4.69) is 26.0 Å². The molecule has 0 fully saturated rings. The lowest BCUT2D eigenvalue weighted by Gasteiger charge is -2.12. The molecule has 0 radical (unpaired) electrons. The first-order chi connectivity index (χ1) is 15.6. The molecule has 4 aromatic rings. The Kier molecular flexibility index (Phi) is 6.29. The summed E-state index contributed by atoms with van der Waals surface area (Å²) in [6.45, 7) is -0.110. The lowest BCUT2D eigenvalue weighted by Crippen LogP contribution is -2.20. The predicted molar refractivity (Wildman–Crippen MR) is 126 cm³/mol. The number of fused-ring (bicyclic) bond motifs is 1. The first-order valence-electron chi connectivity index (χ1n) is 9.61. The Bertz CT molecular complexity index is 1410. The molecule has 3 aromatic carbocycles. The minimum absolute atomic E-state index is 0.110. The molecule has 1 heterocycles. The van der Waals surface area contributed by atoms with Crippen molar-refractivity contribution in [1.82, 2.24) is 9.66 Å². The van der Waals surface area contributed by atoms with Crippen molar-refractivity contribution in [2.75, 3.05) is 13.7 Å². The molecule has 0 saturated heterocycles. The number of methoxy groups -OCH3 is 1. The lowest BCUT2D eigenvalue weighted by molar-refractivity contribution is 0.327. The van der Waals surface area contributed by atoms with Gasteiger partial charge in [0.2, 0.25) is 0 Å². The van der Waals surface area contributed by atoms with Crippen LogP contribution in [-0.2, 0) is 0 Å². The highest BCUT2D eigenvalue weighted by Crippen LogP contribution is 2.36. The highest BCUT2D eigenvalue weighted by atomic mass is 79.9. The van der Waals surface area contributed by atoms with Gasteiger partial charge >= 0.3 is 0 Å². The summed E-state index contributed by atoms with van der Waals surface area (Å²) in [5.74, 6) is 1.29. The summed E-state index contributed by atoms with van der Waals surface area (Å²) in [6.07, 6.45) is 1.55. The van der Waals surface area contributed by atoms with Gasteiger partial charge in [0.15, 0.2) is 23.9 Å². The molecule has 0 aliphatic heterocycles. The molecule has 0 amide bonds. The summed E-state index contributed by atoms with van der Waals surface area (Å²) in [5.41, 5.74) is 1.76. The van der Waals surface area contributed by atoms with Crippen molar-refractivity contribution in [3.8, 4) is 29.0 Å². The molecule has 0 saturated carbocycles. The van der Waals surface area contributed by atoms with E-state index in [4.69, 9.17) is 14.7 Å². The zero-order valence-corrected chi connectivity index (χ0v) is 18.6. The number of aromatic nitrogens is 2. The Labute approximate surface area is 192 Å². The summed E-state index contributed by atoms with van der Waals surface area (Å²) < 4.78 is 12.7. The maximum Gasteiger partial charge on any atom is 0.282 e. The summed E-state index contributed by atoms with van der Waals surface area (Å²) in [6, 6.07) is 22.0. The zero-order chi connectivity index (χ0) is 22.5. The third-order valence-corrected chi connectivity index (χ3v) is 5.23. The molecule has 1 aromatic heterocycles. The summed E-state index contributed by atoms with van der Waals surface area (Å²) in [4.78, 5) is 17.9. The third-order valence-electron chi connectivity index (χ3n) is 4.64. The van der Waals surface area contributed by atoms with Gasteiger partial charge in [-0.2, -0.15) is 15.0 Å². The maximum absolute atomic E-state index is 13.2. The van der Waals surface area contributed by atoms with Crippen LogP contribution in [0.5, 0.6) is 11.5 Å². The van der Waals surface area contributed by atoms with Gasteiger partial charge in [0, 0.05) is 5.56 Å². The van der Waals surface area contributed by atoms with Crippen molar-refractivity contribution in [3.63, 3.8) is 0 Å². The van der Waals surface area contributed by atoms with Crippen molar-refractivity contribution < 1.29 is 9.47 Å². The van der Waals surface area contributed by atoms with E-state index in [9.17, 15) is 4.79 Å². The molecule has 4 rings (SSSR count). The second-order valence-electron chi connectivity index (χ2n) is 6.66. The number of ether oxygens (including phenoxy) is 2. The molecule has 32 heavy (non-hydrogen) atoms. The fourth-order valence-electron chi connectivity index (χ4n) is 3.19. The Morgan fingerprint density at radius 3 is 2.66 bits per heavy atom. The maximum atomic E-state index is 13.2. The van der Waals surface area contributed by atoms with E-state index < -0.39 is 0 Å². The quantitative estimate of drug-likeness (QED) is 0.369. The van der Waals surface area contributed by atoms with Crippen molar-refractivity contribution in [2.24, 2.45) is 5.10 Å². The number of nitriles is 1. The predicted octanol–water partition coefficient (Wildman–Crippen LogP) is 4.62. The number of hydrogen-bond acceptors (Lipinski definition) is 6. The van der Waals surface area contributed by atoms with Crippen LogP contribution in [0.3, 0.4) is 0 Å². The number of para-hydroxylation sites is 1. The molecule has 0 N–H and O–H groups in total. The smallest absolute Gasteiger partial charge is 0.282 e. The van der Waals surface area contributed by atoms with Crippen LogP contribution in [0.1, 0.15) is 5.56 Å². The molecule has 0 spiro atoms. The molecule has 0 bridgehead atoms. The standard InChI is InChI=1S/C24H17BrN4O3/c1-31-21-14-16(13-19(25)22(21)32-12-11-26)15-27-29-23(17-7-3-2-4-8-17)28-20-10-6-5-9-18(20)24(29)30/h2-10,13-15H,12H2,1H3. The van der Waals surface area contributed by atoms with Crippen LogP contribution in [-0.4, -0.2) is 29.6 Å². The molecule has 7 nitrogen and oxygen atoms in total. The van der Waals surface area contributed by atoms with E-state index in [1.807, 2.05) is 42.5 Å². The van der Waals surface area contributed by atoms with Gasteiger partial charge in [0.05, 0.1) is 28.7 Å². The number of hydrogen-bond donors (Lipinski definition) is 0. The van der Waals surface area contributed by atoms with E-state index >= 15 is 0 Å². The van der Waals surface area contributed by atoms with Gasteiger partial charge in [-0.15, -0.1) is 0 Å². The Morgan fingerprint density at radius 2 is 1.91 bits per heavy atom. The van der Waals surface area contributed by atoms with Gasteiger partial charge in [-0.1, -0.05) is 42.5 Å². The SMILES string of the molecule is COc1cc(C=Nn2c(-c3ccccc3)nc3ccccc3c2=O)cc(Br)c1OCC#N. The lowest BCUT2D eigenvalue weighted by atomic mass is 10.2. The normalized spacial score (nSPS) is 10.9. The topological polar surface area (TPSA) is 89.5 Å². The van der Waals surface area contributed by atoms with E-state index in [-0.39, 0.29) is 12.2 Å². The van der Waals surface area contributed by atoms with Crippen molar-refractivity contribution in [3.05, 3.63) is 87.1 Å². The minimum atomic E-state index is -0.272. The van der Waals surface area contributed by atoms with E-state index in [1.54, 1.807) is 36.5 Å². The van der Waals surface area contributed by atoms with Crippen LogP contribution < -0.4 is 15.0 Å². The average molecular weight is 489 g/mol. The van der Waals surface area contributed by atoms with Gasteiger partial charge < -0.3 is 9.47 Å². The van der Waals surface area contributed by atoms with Crippen LogP contribution in [0.15, 0.2) is 81.1 Å². The molecule has 0 aliphatic carbocycles. The summed E-state index contributed by atoms with van der Waals surface area (Å²) >= 11 is 3.44. The first kappa shape index (κ1) is 21.3. The van der Waals surface area contributed by atoms with E-state index in [0.29, 0.717) is 38.3 Å². The molecule has 158 valence electrons. The molecule has 8 heteroatoms. The molecule has 0 aliphatic rings. The largest absolute Gasteiger partial charge is 0.493 e. The fraction of sp³-hybridized carbons (Fsp3) is 0.0833. The van der Waals surface area contributed by atoms with Gasteiger partial charge in [0.1, 0.15) is 6.07 Å². The van der Waals surface area contributed by atoms with Crippen LogP contribution >= 0.6 is 15.9 Å².